The van der Waals surface area contributed by atoms with E-state index in [4.69, 9.17) is 9.84 Å². The lowest BCUT2D eigenvalue weighted by Crippen LogP contribution is -2.38. The van der Waals surface area contributed by atoms with Crippen LogP contribution in [0.25, 0.3) is 0 Å². The number of hydrogen-bond acceptors (Lipinski definition) is 3. The van der Waals surface area contributed by atoms with Crippen molar-refractivity contribution in [1.29, 1.82) is 0 Å². The van der Waals surface area contributed by atoms with E-state index in [1.54, 1.807) is 17.9 Å². The SMILES string of the molecule is COc1ccc(CC(=O)N2CCC(C(=O)O)C2C)cc1F. The normalized spacial score (nSPS) is 21.4. The van der Waals surface area contributed by atoms with E-state index < -0.39 is 17.7 Å². The summed E-state index contributed by atoms with van der Waals surface area (Å²) in [5.74, 6) is -1.97. The number of methoxy groups -OCH3 is 1. The van der Waals surface area contributed by atoms with Gasteiger partial charge < -0.3 is 14.7 Å². The summed E-state index contributed by atoms with van der Waals surface area (Å²) in [5.41, 5.74) is 0.546. The van der Waals surface area contributed by atoms with Gasteiger partial charge in [0.2, 0.25) is 5.91 Å². The number of aliphatic carboxylic acids is 1. The summed E-state index contributed by atoms with van der Waals surface area (Å²) in [6, 6.07) is 4.05. The molecule has 114 valence electrons. The smallest absolute Gasteiger partial charge is 0.308 e. The van der Waals surface area contributed by atoms with Crippen LogP contribution >= 0.6 is 0 Å². The number of hydrogen-bond donors (Lipinski definition) is 1. The van der Waals surface area contributed by atoms with Gasteiger partial charge in [0.05, 0.1) is 19.4 Å². The van der Waals surface area contributed by atoms with Crippen LogP contribution in [0.1, 0.15) is 18.9 Å². The predicted octanol–water partition coefficient (Wildman–Crippen LogP) is 1.70. The Morgan fingerprint density at radius 2 is 2.19 bits per heavy atom. The number of carboxylic acid groups (broad SMARTS) is 1. The van der Waals surface area contributed by atoms with E-state index in [1.807, 2.05) is 0 Å². The largest absolute Gasteiger partial charge is 0.494 e. The Morgan fingerprint density at radius 1 is 1.48 bits per heavy atom. The fraction of sp³-hybridized carbons (Fsp3) is 0.467. The maximum absolute atomic E-state index is 13.6. The molecule has 1 N–H and O–H groups in total. The average molecular weight is 295 g/mol. The number of rotatable bonds is 4. The van der Waals surface area contributed by atoms with E-state index >= 15 is 0 Å². The minimum atomic E-state index is -0.881. The Kier molecular flexibility index (Phi) is 4.45. The van der Waals surface area contributed by atoms with Crippen LogP contribution in [-0.4, -0.2) is 41.6 Å². The summed E-state index contributed by atoms with van der Waals surface area (Å²) in [6.07, 6.45) is 0.511. The molecule has 2 unspecified atom stereocenters. The molecule has 1 aromatic carbocycles. The van der Waals surface area contributed by atoms with Gasteiger partial charge in [-0.05, 0) is 31.0 Å². The first-order chi connectivity index (χ1) is 9.93. The van der Waals surface area contributed by atoms with E-state index in [0.29, 0.717) is 18.5 Å². The average Bonchev–Trinajstić information content (AvgIpc) is 2.81. The van der Waals surface area contributed by atoms with Gasteiger partial charge >= 0.3 is 5.97 Å². The molecule has 6 heteroatoms. The molecule has 1 aliphatic heterocycles. The van der Waals surface area contributed by atoms with Crippen molar-refractivity contribution in [3.05, 3.63) is 29.6 Å². The number of amides is 1. The van der Waals surface area contributed by atoms with E-state index in [-0.39, 0.29) is 24.1 Å². The topological polar surface area (TPSA) is 66.8 Å². The Hall–Kier alpha value is -2.11. The number of carbonyl (C=O) groups excluding carboxylic acids is 1. The van der Waals surface area contributed by atoms with Gasteiger partial charge in [-0.15, -0.1) is 0 Å². The van der Waals surface area contributed by atoms with Crippen molar-refractivity contribution in [2.24, 2.45) is 5.92 Å². The molecular formula is C15H18FNO4. The summed E-state index contributed by atoms with van der Waals surface area (Å²) >= 11 is 0. The van der Waals surface area contributed by atoms with Crippen LogP contribution in [0, 0.1) is 11.7 Å². The van der Waals surface area contributed by atoms with Gasteiger partial charge in [0, 0.05) is 12.6 Å². The van der Waals surface area contributed by atoms with Crippen molar-refractivity contribution >= 4 is 11.9 Å². The predicted molar refractivity (Wildman–Crippen MR) is 73.6 cm³/mol. The maximum Gasteiger partial charge on any atom is 0.308 e. The summed E-state index contributed by atoms with van der Waals surface area (Å²) in [4.78, 5) is 24.8. The van der Waals surface area contributed by atoms with Crippen molar-refractivity contribution in [3.8, 4) is 5.75 Å². The second-order valence-corrected chi connectivity index (χ2v) is 5.21. The van der Waals surface area contributed by atoms with Crippen LogP contribution in [0.2, 0.25) is 0 Å². The first kappa shape index (κ1) is 15.3. The molecule has 1 saturated heterocycles. The molecule has 0 aliphatic carbocycles. The molecule has 1 aromatic rings. The highest BCUT2D eigenvalue weighted by Crippen LogP contribution is 2.25. The number of likely N-dealkylation sites (tertiary alicyclic amines) is 1. The molecule has 2 rings (SSSR count). The molecule has 2 atom stereocenters. The summed E-state index contributed by atoms with van der Waals surface area (Å²) in [7, 11) is 1.38. The number of carbonyl (C=O) groups is 2. The van der Waals surface area contributed by atoms with Crippen LogP contribution in [0.15, 0.2) is 18.2 Å². The molecule has 0 radical (unpaired) electrons. The van der Waals surface area contributed by atoms with Crippen molar-refractivity contribution in [2.45, 2.75) is 25.8 Å². The zero-order valence-electron chi connectivity index (χ0n) is 12.0. The minimum Gasteiger partial charge on any atom is -0.494 e. The van der Waals surface area contributed by atoms with Crippen LogP contribution in [0.4, 0.5) is 4.39 Å². The Morgan fingerprint density at radius 3 is 2.71 bits per heavy atom. The lowest BCUT2D eigenvalue weighted by Gasteiger charge is -2.23. The minimum absolute atomic E-state index is 0.0532. The lowest BCUT2D eigenvalue weighted by molar-refractivity contribution is -0.143. The third kappa shape index (κ3) is 3.15. The first-order valence-electron chi connectivity index (χ1n) is 6.78. The third-order valence-electron chi connectivity index (χ3n) is 3.96. The van der Waals surface area contributed by atoms with E-state index in [9.17, 15) is 14.0 Å². The highest BCUT2D eigenvalue weighted by Gasteiger charge is 2.37. The highest BCUT2D eigenvalue weighted by molar-refractivity contribution is 5.81. The Labute approximate surface area is 122 Å². The number of benzene rings is 1. The van der Waals surface area contributed by atoms with Crippen molar-refractivity contribution in [2.75, 3.05) is 13.7 Å². The van der Waals surface area contributed by atoms with E-state index in [2.05, 4.69) is 0 Å². The van der Waals surface area contributed by atoms with Gasteiger partial charge in [-0.25, -0.2) is 4.39 Å². The molecule has 1 amide bonds. The van der Waals surface area contributed by atoms with Gasteiger partial charge in [0.15, 0.2) is 11.6 Å². The van der Waals surface area contributed by atoms with Crippen LogP contribution < -0.4 is 4.74 Å². The molecule has 0 spiro atoms. The molecule has 0 aromatic heterocycles. The van der Waals surface area contributed by atoms with Gasteiger partial charge in [0.1, 0.15) is 0 Å². The number of ether oxygens (including phenoxy) is 1. The number of carboxylic acids is 1. The molecule has 0 saturated carbocycles. The van der Waals surface area contributed by atoms with Crippen LogP contribution in [-0.2, 0) is 16.0 Å². The van der Waals surface area contributed by atoms with Crippen molar-refractivity contribution < 1.29 is 23.8 Å². The highest BCUT2D eigenvalue weighted by atomic mass is 19.1. The fourth-order valence-corrected chi connectivity index (χ4v) is 2.72. The lowest BCUT2D eigenvalue weighted by atomic mass is 10.0. The standard InChI is InChI=1S/C15H18FNO4/c1-9-11(15(19)20)5-6-17(9)14(18)8-10-3-4-13(21-2)12(16)7-10/h3-4,7,9,11H,5-6,8H2,1-2H3,(H,19,20). The second-order valence-electron chi connectivity index (χ2n) is 5.21. The zero-order valence-corrected chi connectivity index (χ0v) is 12.0. The maximum atomic E-state index is 13.6. The molecule has 21 heavy (non-hydrogen) atoms. The fourth-order valence-electron chi connectivity index (χ4n) is 2.72. The third-order valence-corrected chi connectivity index (χ3v) is 3.96. The summed E-state index contributed by atoms with van der Waals surface area (Å²) in [5, 5.41) is 9.07. The Bertz CT molecular complexity index is 561. The van der Waals surface area contributed by atoms with Crippen LogP contribution in [0.5, 0.6) is 5.75 Å². The van der Waals surface area contributed by atoms with Gasteiger partial charge in [-0.2, -0.15) is 0 Å². The van der Waals surface area contributed by atoms with Gasteiger partial charge in [-0.3, -0.25) is 9.59 Å². The molecule has 0 bridgehead atoms. The molecule has 1 aliphatic rings. The van der Waals surface area contributed by atoms with Crippen molar-refractivity contribution in [1.82, 2.24) is 4.90 Å². The first-order valence-corrected chi connectivity index (χ1v) is 6.78. The monoisotopic (exact) mass is 295 g/mol. The number of nitrogens with zero attached hydrogens (tertiary/aromatic N) is 1. The summed E-state index contributed by atoms with van der Waals surface area (Å²) in [6.45, 7) is 2.16. The summed E-state index contributed by atoms with van der Waals surface area (Å²) < 4.78 is 18.4. The van der Waals surface area contributed by atoms with Crippen molar-refractivity contribution in [3.63, 3.8) is 0 Å². The Balaban J connectivity index is 2.05. The van der Waals surface area contributed by atoms with E-state index in [0.717, 1.165) is 0 Å². The quantitative estimate of drug-likeness (QED) is 0.918. The second kappa shape index (κ2) is 6.11. The zero-order chi connectivity index (χ0) is 15.6. The van der Waals surface area contributed by atoms with Gasteiger partial charge in [-0.1, -0.05) is 6.07 Å². The number of halogens is 1. The molecule has 1 fully saturated rings. The molecular weight excluding hydrogens is 277 g/mol. The van der Waals surface area contributed by atoms with Gasteiger partial charge in [0.25, 0.3) is 0 Å². The molecule has 1 heterocycles. The van der Waals surface area contributed by atoms with E-state index in [1.165, 1.54) is 19.2 Å². The molecule has 5 nitrogen and oxygen atoms in total. The van der Waals surface area contributed by atoms with Crippen LogP contribution in [0.3, 0.4) is 0 Å².